The third-order valence-corrected chi connectivity index (χ3v) is 3.90. The molecule has 20 heavy (non-hydrogen) atoms. The minimum Gasteiger partial charge on any atom is -0.454 e. The first-order valence-electron chi connectivity index (χ1n) is 5.62. The average Bonchev–Trinajstić information content (AvgIpc) is 2.37. The molecule has 0 aromatic heterocycles. The minimum atomic E-state index is -0.551. The van der Waals surface area contributed by atoms with Crippen LogP contribution in [0.25, 0.3) is 0 Å². The van der Waals surface area contributed by atoms with E-state index in [1.54, 1.807) is 24.3 Å². The number of thiocarbonyl (C=S) groups is 1. The molecule has 0 radical (unpaired) electrons. The number of aryl methyl sites for hydroxylation is 1. The van der Waals surface area contributed by atoms with Gasteiger partial charge in [0.25, 0.3) is 0 Å². The first-order valence-corrected chi connectivity index (χ1v) is 7.20. The molecular weight excluding hydrogens is 365 g/mol. The van der Waals surface area contributed by atoms with Crippen LogP contribution in [0.15, 0.2) is 34.8 Å². The summed E-state index contributed by atoms with van der Waals surface area (Å²) in [6, 6.07) is 8.21. The van der Waals surface area contributed by atoms with Crippen molar-refractivity contribution in [2.24, 2.45) is 5.73 Å². The highest BCUT2D eigenvalue weighted by atomic mass is 79.9. The van der Waals surface area contributed by atoms with E-state index in [0.717, 1.165) is 5.56 Å². The summed E-state index contributed by atoms with van der Waals surface area (Å²) < 4.78 is 20.0. The maximum Gasteiger partial charge on any atom is 0.180 e. The van der Waals surface area contributed by atoms with Gasteiger partial charge in [-0.15, -0.1) is 0 Å². The topological polar surface area (TPSA) is 35.2 Å². The summed E-state index contributed by atoms with van der Waals surface area (Å²) in [6.45, 7) is 1.83. The van der Waals surface area contributed by atoms with Gasteiger partial charge in [-0.1, -0.05) is 23.8 Å². The number of hydrogen-bond acceptors (Lipinski definition) is 2. The summed E-state index contributed by atoms with van der Waals surface area (Å²) in [6.07, 6.45) is 0. The third kappa shape index (κ3) is 3.11. The molecular formula is C14H10BrClFNOS. The highest BCUT2D eigenvalue weighted by molar-refractivity contribution is 9.10. The van der Waals surface area contributed by atoms with Crippen molar-refractivity contribution < 1.29 is 9.13 Å². The monoisotopic (exact) mass is 373 g/mol. The van der Waals surface area contributed by atoms with E-state index in [4.69, 9.17) is 34.3 Å². The average molecular weight is 375 g/mol. The van der Waals surface area contributed by atoms with E-state index in [1.807, 2.05) is 6.92 Å². The Balaban J connectivity index is 2.39. The Hall–Kier alpha value is -1.17. The molecule has 2 nitrogen and oxygen atoms in total. The lowest BCUT2D eigenvalue weighted by atomic mass is 10.2. The fourth-order valence-corrected chi connectivity index (χ4v) is 2.72. The summed E-state index contributed by atoms with van der Waals surface area (Å²) >= 11 is 13.8. The second kappa shape index (κ2) is 6.08. The standard InChI is InChI=1S/C14H10BrClFNOS/c1-7-6-8(16)2-4-10(7)19-11-5-3-9(14(18)20)12(15)13(11)17/h2-6H,1H3,(H2,18,20). The lowest BCUT2D eigenvalue weighted by molar-refractivity contribution is 0.437. The van der Waals surface area contributed by atoms with Gasteiger partial charge in [-0.3, -0.25) is 0 Å². The van der Waals surface area contributed by atoms with Crippen LogP contribution in [-0.2, 0) is 0 Å². The summed E-state index contributed by atoms with van der Waals surface area (Å²) in [7, 11) is 0. The quantitative estimate of drug-likeness (QED) is 0.770. The molecule has 0 amide bonds. The van der Waals surface area contributed by atoms with E-state index >= 15 is 0 Å². The predicted octanol–water partition coefficient (Wildman–Crippen LogP) is 4.98. The molecule has 0 atom stereocenters. The van der Waals surface area contributed by atoms with Crippen LogP contribution in [0, 0.1) is 12.7 Å². The molecule has 0 bridgehead atoms. The molecule has 0 saturated carbocycles. The zero-order chi connectivity index (χ0) is 14.9. The van der Waals surface area contributed by atoms with Crippen LogP contribution in [0.3, 0.4) is 0 Å². The van der Waals surface area contributed by atoms with Gasteiger partial charge in [0.2, 0.25) is 0 Å². The van der Waals surface area contributed by atoms with Crippen molar-refractivity contribution in [2.75, 3.05) is 0 Å². The maximum atomic E-state index is 14.2. The number of halogens is 3. The summed E-state index contributed by atoms with van der Waals surface area (Å²) in [4.78, 5) is 0.116. The van der Waals surface area contributed by atoms with Gasteiger partial charge < -0.3 is 10.5 Å². The summed E-state index contributed by atoms with van der Waals surface area (Å²) in [5.41, 5.74) is 6.75. The highest BCUT2D eigenvalue weighted by Crippen LogP contribution is 2.33. The molecule has 0 spiro atoms. The van der Waals surface area contributed by atoms with Gasteiger partial charge in [-0.05, 0) is 58.7 Å². The largest absolute Gasteiger partial charge is 0.454 e. The van der Waals surface area contributed by atoms with Crippen LogP contribution in [-0.4, -0.2) is 4.99 Å². The molecule has 0 fully saturated rings. The molecule has 0 aliphatic carbocycles. The Bertz CT molecular complexity index is 693. The first kappa shape index (κ1) is 15.2. The molecule has 0 saturated heterocycles. The van der Waals surface area contributed by atoms with Gasteiger partial charge in [0.15, 0.2) is 11.6 Å². The van der Waals surface area contributed by atoms with E-state index in [1.165, 1.54) is 6.07 Å². The van der Waals surface area contributed by atoms with Gasteiger partial charge in [-0.2, -0.15) is 0 Å². The zero-order valence-electron chi connectivity index (χ0n) is 10.4. The maximum absolute atomic E-state index is 14.2. The number of ether oxygens (including phenoxy) is 1. The van der Waals surface area contributed by atoms with Crippen molar-refractivity contribution in [3.63, 3.8) is 0 Å². The Kier molecular flexibility index (Phi) is 4.62. The van der Waals surface area contributed by atoms with Gasteiger partial charge in [-0.25, -0.2) is 4.39 Å². The van der Waals surface area contributed by atoms with Crippen molar-refractivity contribution in [3.05, 3.63) is 56.8 Å². The van der Waals surface area contributed by atoms with E-state index in [2.05, 4.69) is 15.9 Å². The molecule has 0 unspecified atom stereocenters. The van der Waals surface area contributed by atoms with Crippen LogP contribution in [0.4, 0.5) is 4.39 Å². The van der Waals surface area contributed by atoms with Gasteiger partial charge in [0, 0.05) is 10.6 Å². The summed E-state index contributed by atoms with van der Waals surface area (Å²) in [5.74, 6) is 0.0650. The number of hydrogen-bond donors (Lipinski definition) is 1. The Morgan fingerprint density at radius 2 is 1.95 bits per heavy atom. The molecule has 6 heteroatoms. The molecule has 0 heterocycles. The molecule has 2 aromatic carbocycles. The normalized spacial score (nSPS) is 10.4. The predicted molar refractivity (Wildman–Crippen MR) is 86.3 cm³/mol. The second-order valence-electron chi connectivity index (χ2n) is 4.12. The fraction of sp³-hybridized carbons (Fsp3) is 0.0714. The Morgan fingerprint density at radius 1 is 1.30 bits per heavy atom. The first-order chi connectivity index (χ1) is 9.40. The van der Waals surface area contributed by atoms with Crippen molar-refractivity contribution >= 4 is 44.7 Å². The number of nitrogens with two attached hydrogens (primary N) is 1. The van der Waals surface area contributed by atoms with Crippen LogP contribution in [0.5, 0.6) is 11.5 Å². The molecule has 2 N–H and O–H groups in total. The Morgan fingerprint density at radius 3 is 2.55 bits per heavy atom. The highest BCUT2D eigenvalue weighted by Gasteiger charge is 2.15. The zero-order valence-corrected chi connectivity index (χ0v) is 13.6. The Labute approximate surface area is 134 Å². The molecule has 0 aliphatic rings. The SMILES string of the molecule is Cc1cc(Cl)ccc1Oc1ccc(C(N)=S)c(Br)c1F. The van der Waals surface area contributed by atoms with Gasteiger partial charge in [0.1, 0.15) is 10.7 Å². The van der Waals surface area contributed by atoms with Crippen molar-refractivity contribution in [1.82, 2.24) is 0 Å². The van der Waals surface area contributed by atoms with Crippen LogP contribution < -0.4 is 10.5 Å². The summed E-state index contributed by atoms with van der Waals surface area (Å²) in [5, 5.41) is 0.598. The van der Waals surface area contributed by atoms with Crippen molar-refractivity contribution in [2.45, 2.75) is 6.92 Å². The van der Waals surface area contributed by atoms with Crippen LogP contribution >= 0.6 is 39.7 Å². The van der Waals surface area contributed by atoms with Crippen molar-refractivity contribution in [1.29, 1.82) is 0 Å². The van der Waals surface area contributed by atoms with E-state index < -0.39 is 5.82 Å². The number of benzene rings is 2. The molecule has 2 aromatic rings. The van der Waals surface area contributed by atoms with E-state index in [0.29, 0.717) is 16.3 Å². The van der Waals surface area contributed by atoms with Gasteiger partial charge in [0.05, 0.1) is 4.47 Å². The molecule has 104 valence electrons. The minimum absolute atomic E-state index is 0.0855. The van der Waals surface area contributed by atoms with Crippen molar-refractivity contribution in [3.8, 4) is 11.5 Å². The van der Waals surface area contributed by atoms with Crippen LogP contribution in [0.2, 0.25) is 5.02 Å². The second-order valence-corrected chi connectivity index (χ2v) is 5.78. The van der Waals surface area contributed by atoms with Crippen LogP contribution in [0.1, 0.15) is 11.1 Å². The van der Waals surface area contributed by atoms with E-state index in [-0.39, 0.29) is 15.2 Å². The fourth-order valence-electron chi connectivity index (χ4n) is 1.65. The lowest BCUT2D eigenvalue weighted by Gasteiger charge is -2.12. The molecule has 2 rings (SSSR count). The lowest BCUT2D eigenvalue weighted by Crippen LogP contribution is -2.11. The smallest absolute Gasteiger partial charge is 0.180 e. The number of rotatable bonds is 3. The van der Waals surface area contributed by atoms with Gasteiger partial charge >= 0.3 is 0 Å². The third-order valence-electron chi connectivity index (χ3n) is 2.67. The van der Waals surface area contributed by atoms with E-state index in [9.17, 15) is 4.39 Å². The molecule has 0 aliphatic heterocycles.